The second-order valence-electron chi connectivity index (χ2n) is 6.75. The van der Waals surface area contributed by atoms with Gasteiger partial charge in [0.15, 0.2) is 6.10 Å². The van der Waals surface area contributed by atoms with Crippen molar-refractivity contribution in [1.82, 2.24) is 0 Å². The van der Waals surface area contributed by atoms with Gasteiger partial charge in [-0.25, -0.2) is 4.79 Å². The summed E-state index contributed by atoms with van der Waals surface area (Å²) in [5, 5.41) is 9.09. The molecule has 0 aliphatic carbocycles. The summed E-state index contributed by atoms with van der Waals surface area (Å²) < 4.78 is 172. The quantitative estimate of drug-likeness (QED) is 0.435. The van der Waals surface area contributed by atoms with Crippen LogP contribution >= 0.6 is 0 Å². The van der Waals surface area contributed by atoms with Crippen LogP contribution in [0.2, 0.25) is 0 Å². The molecule has 0 bridgehead atoms. The van der Waals surface area contributed by atoms with E-state index in [-0.39, 0.29) is 0 Å². The Labute approximate surface area is 153 Å². The van der Waals surface area contributed by atoms with Crippen molar-refractivity contribution in [2.45, 2.75) is 74.7 Å². The van der Waals surface area contributed by atoms with E-state index < -0.39 is 59.9 Å². The van der Waals surface area contributed by atoms with E-state index in [1.165, 1.54) is 0 Å². The number of hydrogen-bond acceptors (Lipinski definition) is 3. The summed E-state index contributed by atoms with van der Waals surface area (Å²) in [6, 6.07) is 0. The van der Waals surface area contributed by atoms with Gasteiger partial charge in [-0.05, 0) is 20.8 Å². The minimum Gasteiger partial charge on any atom is -0.458 e. The molecule has 1 unspecified atom stereocenters. The van der Waals surface area contributed by atoms with Gasteiger partial charge in [-0.1, -0.05) is 0 Å². The third-order valence-corrected chi connectivity index (χ3v) is 3.13. The average Bonchev–Trinajstić information content (AvgIpc) is 2.42. The van der Waals surface area contributed by atoms with Gasteiger partial charge in [-0.2, -0.15) is 57.1 Å². The molecule has 0 spiro atoms. The Kier molecular flexibility index (Phi) is 6.96. The monoisotopic (exact) mass is 464 g/mol. The number of hydrogen-bond donors (Lipinski definition) is 1. The van der Waals surface area contributed by atoms with E-state index in [0.717, 1.165) is 20.8 Å². The van der Waals surface area contributed by atoms with Gasteiger partial charge >= 0.3 is 41.8 Å². The molecule has 0 aromatic heterocycles. The molecule has 0 aliphatic heterocycles. The van der Waals surface area contributed by atoms with E-state index in [1.54, 1.807) is 0 Å². The van der Waals surface area contributed by atoms with E-state index in [4.69, 9.17) is 5.11 Å². The molecule has 0 aromatic rings. The second kappa shape index (κ2) is 7.34. The molecule has 174 valence electrons. The molecule has 0 saturated carbocycles. The van der Waals surface area contributed by atoms with Crippen LogP contribution in [-0.4, -0.2) is 58.6 Å². The highest BCUT2D eigenvalue weighted by molar-refractivity contribution is 5.74. The number of aliphatic hydroxyl groups is 1. The third-order valence-electron chi connectivity index (χ3n) is 3.13. The molecule has 0 aromatic carbocycles. The Morgan fingerprint density at radius 2 is 1.07 bits per heavy atom. The van der Waals surface area contributed by atoms with Gasteiger partial charge in [0.05, 0.1) is 6.42 Å². The number of halogens is 13. The predicted molar refractivity (Wildman–Crippen MR) is 67.3 cm³/mol. The zero-order valence-corrected chi connectivity index (χ0v) is 14.5. The first-order chi connectivity index (χ1) is 12.3. The van der Waals surface area contributed by atoms with Gasteiger partial charge in [-0.15, -0.1) is 0 Å². The minimum atomic E-state index is -8.04. The number of rotatable bonds is 7. The van der Waals surface area contributed by atoms with Crippen LogP contribution in [0.1, 0.15) is 27.2 Å². The zero-order valence-electron chi connectivity index (χ0n) is 14.5. The highest BCUT2D eigenvalue weighted by atomic mass is 19.4. The minimum absolute atomic E-state index is 1.08. The van der Waals surface area contributed by atoms with Crippen LogP contribution < -0.4 is 0 Å². The molecule has 1 N–H and O–H groups in total. The molecule has 0 heterocycles. The van der Waals surface area contributed by atoms with Crippen molar-refractivity contribution in [3.63, 3.8) is 0 Å². The normalized spacial score (nSPS) is 16.6. The fourth-order valence-corrected chi connectivity index (χ4v) is 1.63. The van der Waals surface area contributed by atoms with Gasteiger partial charge in [-0.3, -0.25) is 0 Å². The summed E-state index contributed by atoms with van der Waals surface area (Å²) in [5.74, 6) is -40.1. The summed E-state index contributed by atoms with van der Waals surface area (Å²) in [6.45, 7) is 3.24. The van der Waals surface area contributed by atoms with Gasteiger partial charge in [0.25, 0.3) is 0 Å². The van der Waals surface area contributed by atoms with Crippen molar-refractivity contribution in [3.05, 3.63) is 0 Å². The molecule has 0 fully saturated rings. The lowest BCUT2D eigenvalue weighted by molar-refractivity contribution is -0.440. The Balaban J connectivity index is 6.02. The Hall–Kier alpha value is -1.48. The lowest BCUT2D eigenvalue weighted by Gasteiger charge is -2.40. The smallest absolute Gasteiger partial charge is 0.458 e. The van der Waals surface area contributed by atoms with Crippen LogP contribution in [0.25, 0.3) is 0 Å². The largest absolute Gasteiger partial charge is 0.460 e. The summed E-state index contributed by atoms with van der Waals surface area (Å²) in [5.41, 5.74) is -1.53. The van der Waals surface area contributed by atoms with E-state index in [0.29, 0.717) is 0 Å². The second-order valence-corrected chi connectivity index (χ2v) is 6.75. The Morgan fingerprint density at radius 3 is 1.38 bits per heavy atom. The summed E-state index contributed by atoms with van der Waals surface area (Å²) in [4.78, 5) is 11.2. The molecule has 0 aliphatic rings. The number of esters is 1. The number of alkyl halides is 13. The van der Waals surface area contributed by atoms with Crippen molar-refractivity contribution in [3.8, 4) is 0 Å². The average molecular weight is 464 g/mol. The molecule has 0 rings (SSSR count). The van der Waals surface area contributed by atoms with Crippen LogP contribution in [0.4, 0.5) is 57.1 Å². The highest BCUT2D eigenvalue weighted by Crippen LogP contribution is 2.60. The van der Waals surface area contributed by atoms with E-state index >= 15 is 0 Å². The topological polar surface area (TPSA) is 46.5 Å². The van der Waals surface area contributed by atoms with Crippen molar-refractivity contribution < 1.29 is 71.7 Å². The van der Waals surface area contributed by atoms with Crippen LogP contribution in [0, 0.1) is 0 Å². The molecule has 29 heavy (non-hydrogen) atoms. The number of carbonyl (C=O) groups is 1. The maximum Gasteiger partial charge on any atom is 0.460 e. The molecular weight excluding hydrogens is 451 g/mol. The van der Waals surface area contributed by atoms with Crippen LogP contribution in [0.3, 0.4) is 0 Å². The van der Waals surface area contributed by atoms with E-state index in [9.17, 15) is 61.9 Å². The van der Waals surface area contributed by atoms with Crippen LogP contribution in [0.15, 0.2) is 0 Å². The lowest BCUT2D eigenvalue weighted by Crippen LogP contribution is -2.70. The van der Waals surface area contributed by atoms with Gasteiger partial charge in [0.2, 0.25) is 0 Å². The number of aliphatic hydroxyl groups excluding tert-OH is 1. The standard InChI is InChI=1S/C13H13F13O3/c1-7(2,3)29-6(28)5(27)4-8(14,15)9(16,17)10(18,19)11(20,21)12(22,23)13(24,25)26/h5,27H,4H2,1-3H3. The zero-order chi connectivity index (χ0) is 24.1. The molecule has 0 saturated heterocycles. The number of carbonyl (C=O) groups excluding carboxylic acids is 1. The van der Waals surface area contributed by atoms with Crippen molar-refractivity contribution in [2.75, 3.05) is 0 Å². The molecule has 3 nitrogen and oxygen atoms in total. The first-order valence-electron chi connectivity index (χ1n) is 7.13. The fourth-order valence-electron chi connectivity index (χ4n) is 1.63. The maximum absolute atomic E-state index is 13.5. The van der Waals surface area contributed by atoms with E-state index in [1.807, 2.05) is 0 Å². The highest BCUT2D eigenvalue weighted by Gasteiger charge is 2.90. The Bertz CT molecular complexity index is 604. The molecule has 0 radical (unpaired) electrons. The van der Waals surface area contributed by atoms with Gasteiger partial charge in [0, 0.05) is 0 Å². The lowest BCUT2D eigenvalue weighted by atomic mass is 9.91. The van der Waals surface area contributed by atoms with Crippen molar-refractivity contribution >= 4 is 5.97 Å². The summed E-state index contributed by atoms with van der Waals surface area (Å²) in [6.07, 6.45) is -13.9. The third kappa shape index (κ3) is 4.82. The van der Waals surface area contributed by atoms with Gasteiger partial charge in [0.1, 0.15) is 5.60 Å². The maximum atomic E-state index is 13.5. The number of ether oxygens (including phenoxy) is 1. The Morgan fingerprint density at radius 1 is 0.724 bits per heavy atom. The van der Waals surface area contributed by atoms with Crippen LogP contribution in [-0.2, 0) is 9.53 Å². The first kappa shape index (κ1) is 27.5. The van der Waals surface area contributed by atoms with Crippen LogP contribution in [0.5, 0.6) is 0 Å². The SMILES string of the molecule is CC(C)(C)OC(=O)C(O)CC(F)(F)C(F)(F)C(F)(F)C(F)(F)C(F)(F)C(F)(F)F. The summed E-state index contributed by atoms with van der Waals surface area (Å²) >= 11 is 0. The summed E-state index contributed by atoms with van der Waals surface area (Å²) in [7, 11) is 0. The van der Waals surface area contributed by atoms with Gasteiger partial charge < -0.3 is 9.84 Å². The molecule has 1 atom stereocenters. The van der Waals surface area contributed by atoms with Crippen molar-refractivity contribution in [1.29, 1.82) is 0 Å². The molecular formula is C13H13F13O3. The predicted octanol–water partition coefficient (Wildman–Crippen LogP) is 4.82. The molecule has 16 heteroatoms. The van der Waals surface area contributed by atoms with E-state index in [2.05, 4.69) is 4.74 Å². The fraction of sp³-hybridized carbons (Fsp3) is 0.923. The first-order valence-corrected chi connectivity index (χ1v) is 7.13. The molecule has 0 amide bonds. The van der Waals surface area contributed by atoms with Crippen molar-refractivity contribution in [2.24, 2.45) is 0 Å².